The number of carbonyl (C=O) groups excluding carboxylic acids is 3. The van der Waals surface area contributed by atoms with Gasteiger partial charge in [-0.05, 0) is 31.2 Å². The van der Waals surface area contributed by atoms with E-state index in [4.69, 9.17) is 23.2 Å². The van der Waals surface area contributed by atoms with E-state index in [1.807, 2.05) is 0 Å². The van der Waals surface area contributed by atoms with Gasteiger partial charge in [0.05, 0.1) is 16.1 Å². The number of carbonyl (C=O) groups is 3. The van der Waals surface area contributed by atoms with Gasteiger partial charge in [-0.15, -0.1) is 0 Å². The van der Waals surface area contributed by atoms with E-state index >= 15 is 0 Å². The van der Waals surface area contributed by atoms with Gasteiger partial charge in [-0.25, -0.2) is 4.79 Å². The third-order valence-corrected chi connectivity index (χ3v) is 4.38. The first-order chi connectivity index (χ1) is 12.3. The van der Waals surface area contributed by atoms with Gasteiger partial charge in [-0.3, -0.25) is 14.5 Å². The molecule has 0 aliphatic carbocycles. The second-order valence-corrected chi connectivity index (χ2v) is 6.39. The molecule has 4 amide bonds. The van der Waals surface area contributed by atoms with Crippen LogP contribution in [-0.2, 0) is 9.59 Å². The zero-order valence-electron chi connectivity index (χ0n) is 14.1. The lowest BCUT2D eigenvalue weighted by Crippen LogP contribution is -2.56. The van der Waals surface area contributed by atoms with E-state index in [-0.39, 0.29) is 19.6 Å². The number of nitrogens with one attached hydrogen (secondary N) is 1. The molecule has 1 unspecified atom stereocenters. The highest BCUT2D eigenvalue weighted by Crippen LogP contribution is 2.22. The molecule has 1 aromatic carbocycles. The Hall–Kier alpha value is -2.49. The molecule has 1 aromatic rings. The van der Waals surface area contributed by atoms with Crippen molar-refractivity contribution in [3.8, 4) is 11.8 Å². The van der Waals surface area contributed by atoms with E-state index in [1.165, 1.54) is 4.90 Å². The number of benzene rings is 1. The van der Waals surface area contributed by atoms with Gasteiger partial charge >= 0.3 is 6.03 Å². The van der Waals surface area contributed by atoms with Gasteiger partial charge in [0.15, 0.2) is 0 Å². The van der Waals surface area contributed by atoms with Gasteiger partial charge in [0.2, 0.25) is 5.91 Å². The average Bonchev–Trinajstić information content (AvgIpc) is 2.62. The van der Waals surface area contributed by atoms with E-state index in [0.717, 1.165) is 11.0 Å². The molecule has 0 spiro atoms. The molecule has 6 nitrogen and oxygen atoms in total. The lowest BCUT2D eigenvalue weighted by atomic mass is 10.2. The zero-order valence-corrected chi connectivity index (χ0v) is 15.6. The van der Waals surface area contributed by atoms with Crippen LogP contribution >= 0.6 is 23.2 Å². The Morgan fingerprint density at radius 2 is 2.04 bits per heavy atom. The van der Waals surface area contributed by atoms with Crippen molar-refractivity contribution in [3.05, 3.63) is 46.5 Å². The van der Waals surface area contributed by atoms with Gasteiger partial charge in [-0.2, -0.15) is 0 Å². The maximum absolute atomic E-state index is 12.2. The van der Waals surface area contributed by atoms with Crippen LogP contribution in [0.15, 0.2) is 30.9 Å². The minimum Gasteiger partial charge on any atom is -0.325 e. The van der Waals surface area contributed by atoms with Crippen molar-refractivity contribution < 1.29 is 14.4 Å². The first kappa shape index (κ1) is 19.8. The molecule has 0 aromatic heterocycles. The highest BCUT2D eigenvalue weighted by atomic mass is 35.5. The summed E-state index contributed by atoms with van der Waals surface area (Å²) in [4.78, 5) is 38.1. The molecule has 1 aliphatic heterocycles. The van der Waals surface area contributed by atoms with Crippen molar-refractivity contribution in [2.24, 2.45) is 0 Å². The minimum absolute atomic E-state index is 0.139. The van der Waals surface area contributed by atoms with Crippen LogP contribution in [0.2, 0.25) is 10.0 Å². The zero-order chi connectivity index (χ0) is 19.3. The smallest absolute Gasteiger partial charge is 0.318 e. The van der Waals surface area contributed by atoms with Crippen LogP contribution in [0, 0.1) is 11.8 Å². The van der Waals surface area contributed by atoms with Gasteiger partial charge in [0, 0.05) is 18.7 Å². The number of amides is 4. The van der Waals surface area contributed by atoms with Crippen LogP contribution in [0.3, 0.4) is 0 Å². The molecule has 1 N–H and O–H groups in total. The topological polar surface area (TPSA) is 69.7 Å². The minimum atomic E-state index is -0.462. The van der Waals surface area contributed by atoms with E-state index in [9.17, 15) is 14.4 Å². The molecule has 8 heteroatoms. The summed E-state index contributed by atoms with van der Waals surface area (Å²) in [6, 6.07) is 4.15. The molecule has 1 heterocycles. The highest BCUT2D eigenvalue weighted by molar-refractivity contribution is 6.42. The van der Waals surface area contributed by atoms with Crippen molar-refractivity contribution in [2.45, 2.75) is 13.0 Å². The van der Waals surface area contributed by atoms with Crippen molar-refractivity contribution >= 4 is 41.0 Å². The molecular formula is C18H17Cl2N3O3. The second kappa shape index (κ2) is 8.75. The van der Waals surface area contributed by atoms with Crippen molar-refractivity contribution in [1.29, 1.82) is 0 Å². The number of rotatable bonds is 2. The third kappa shape index (κ3) is 5.01. The fourth-order valence-electron chi connectivity index (χ4n) is 2.27. The molecule has 1 atom stereocenters. The molecule has 1 saturated heterocycles. The van der Waals surface area contributed by atoms with Crippen molar-refractivity contribution in [2.75, 3.05) is 19.6 Å². The molecule has 0 bridgehead atoms. The Labute approximate surface area is 161 Å². The Morgan fingerprint density at radius 1 is 1.31 bits per heavy atom. The largest absolute Gasteiger partial charge is 0.325 e. The van der Waals surface area contributed by atoms with Gasteiger partial charge in [0.1, 0.15) is 6.54 Å². The van der Waals surface area contributed by atoms with Gasteiger partial charge in [-0.1, -0.05) is 41.6 Å². The predicted octanol–water partition coefficient (Wildman–Crippen LogP) is 2.30. The van der Waals surface area contributed by atoms with Crippen LogP contribution in [0.25, 0.3) is 0 Å². The molecule has 1 aliphatic rings. The summed E-state index contributed by atoms with van der Waals surface area (Å²) in [5.41, 5.74) is 0.673. The average molecular weight is 394 g/mol. The Morgan fingerprint density at radius 3 is 2.65 bits per heavy atom. The Balaban J connectivity index is 1.93. The summed E-state index contributed by atoms with van der Waals surface area (Å²) in [6.07, 6.45) is 1.08. The summed E-state index contributed by atoms with van der Waals surface area (Å²) in [5, 5.41) is 3.55. The second-order valence-electron chi connectivity index (χ2n) is 5.58. The lowest BCUT2D eigenvalue weighted by molar-refractivity contribution is -0.145. The number of piperazine rings is 1. The summed E-state index contributed by atoms with van der Waals surface area (Å²) in [6.45, 7) is 5.30. The van der Waals surface area contributed by atoms with Crippen LogP contribution < -0.4 is 5.32 Å². The third-order valence-electron chi connectivity index (χ3n) is 3.64. The number of nitrogens with zero attached hydrogens (tertiary/aromatic N) is 2. The monoisotopic (exact) mass is 393 g/mol. The summed E-state index contributed by atoms with van der Waals surface area (Å²) >= 11 is 11.8. The van der Waals surface area contributed by atoms with E-state index < -0.39 is 23.9 Å². The van der Waals surface area contributed by atoms with E-state index in [1.54, 1.807) is 25.1 Å². The standard InChI is InChI=1S/C18H17Cl2N3O3/c1-3-16(24)23-9-8-22(11-17(23)25)18(26)21-12(2)4-5-13-6-7-14(19)15(20)10-13/h3,6-7,10,12H,1,8-9,11H2,2H3,(H,21,26). The van der Waals surface area contributed by atoms with Gasteiger partial charge in [0.25, 0.3) is 5.91 Å². The van der Waals surface area contributed by atoms with E-state index in [0.29, 0.717) is 15.6 Å². The maximum Gasteiger partial charge on any atom is 0.318 e. The van der Waals surface area contributed by atoms with Gasteiger partial charge < -0.3 is 10.2 Å². The molecule has 1 fully saturated rings. The van der Waals surface area contributed by atoms with Crippen LogP contribution in [0.1, 0.15) is 12.5 Å². The fraction of sp³-hybridized carbons (Fsp3) is 0.278. The van der Waals surface area contributed by atoms with E-state index in [2.05, 4.69) is 23.7 Å². The van der Waals surface area contributed by atoms with Crippen molar-refractivity contribution in [1.82, 2.24) is 15.1 Å². The molecule has 0 radical (unpaired) electrons. The normalized spacial score (nSPS) is 15.0. The van der Waals surface area contributed by atoms with Crippen LogP contribution in [0.5, 0.6) is 0 Å². The predicted molar refractivity (Wildman–Crippen MR) is 99.8 cm³/mol. The quantitative estimate of drug-likeness (QED) is 0.618. The Kier molecular flexibility index (Phi) is 6.67. The fourth-order valence-corrected chi connectivity index (χ4v) is 2.57. The molecular weight excluding hydrogens is 377 g/mol. The number of hydrogen-bond donors (Lipinski definition) is 1. The number of urea groups is 1. The SMILES string of the molecule is C=CC(=O)N1CCN(C(=O)NC(C)C#Cc2ccc(Cl)c(Cl)c2)CC1=O. The maximum atomic E-state index is 12.2. The molecule has 136 valence electrons. The first-order valence-corrected chi connectivity index (χ1v) is 8.56. The summed E-state index contributed by atoms with van der Waals surface area (Å²) in [5.74, 6) is 4.89. The van der Waals surface area contributed by atoms with Crippen LogP contribution in [0.4, 0.5) is 4.79 Å². The summed E-state index contributed by atoms with van der Waals surface area (Å²) in [7, 11) is 0. The van der Waals surface area contributed by atoms with Crippen molar-refractivity contribution in [3.63, 3.8) is 0 Å². The van der Waals surface area contributed by atoms with Crippen LogP contribution in [-0.4, -0.2) is 53.3 Å². The summed E-state index contributed by atoms with van der Waals surface area (Å²) < 4.78 is 0. The first-order valence-electron chi connectivity index (χ1n) is 7.80. The lowest BCUT2D eigenvalue weighted by Gasteiger charge is -2.32. The molecule has 26 heavy (non-hydrogen) atoms. The number of imide groups is 1. The molecule has 2 rings (SSSR count). The highest BCUT2D eigenvalue weighted by Gasteiger charge is 2.30. The Bertz CT molecular complexity index is 814. The number of hydrogen-bond acceptors (Lipinski definition) is 3. The molecule has 0 saturated carbocycles. The number of halogens is 2.